The number of hydrogen-bond donors (Lipinski definition) is 0. The van der Waals surface area contributed by atoms with Gasteiger partial charge in [0, 0.05) is 43.4 Å². The highest BCUT2D eigenvalue weighted by atomic mass is 19.4. The van der Waals surface area contributed by atoms with Gasteiger partial charge in [-0.05, 0) is 63.1 Å². The number of likely N-dealkylation sites (tertiary alicyclic amines) is 1. The molecule has 1 aliphatic carbocycles. The molecule has 0 unspecified atom stereocenters. The lowest BCUT2D eigenvalue weighted by atomic mass is 9.81. The molecule has 3 aliphatic rings. The van der Waals surface area contributed by atoms with Gasteiger partial charge in [-0.2, -0.15) is 13.2 Å². The number of methoxy groups -OCH3 is 1. The third-order valence-corrected chi connectivity index (χ3v) is 7.68. The fourth-order valence-corrected chi connectivity index (χ4v) is 5.51. The zero-order valence-electron chi connectivity index (χ0n) is 19.3. The maximum Gasteiger partial charge on any atom is 0.419 e. The largest absolute Gasteiger partial charge is 0.496 e. The number of alkyl halides is 3. The zero-order chi connectivity index (χ0) is 24.3. The number of benzene rings is 1. The number of likely N-dealkylation sites (N-methyl/N-ethyl adjacent to an activating group) is 1. The Morgan fingerprint density at radius 2 is 1.74 bits per heavy atom. The lowest BCUT2D eigenvalue weighted by Gasteiger charge is -2.50. The number of aromatic nitrogens is 1. The molecule has 2 aliphatic heterocycles. The molecular weight excluding hydrogens is 447 g/mol. The molecule has 1 aromatic heterocycles. The van der Waals surface area contributed by atoms with Gasteiger partial charge in [0.1, 0.15) is 5.75 Å². The fraction of sp³-hybridized carbons (Fsp3) is 0.520. The van der Waals surface area contributed by atoms with Crippen LogP contribution >= 0.6 is 0 Å². The number of ketones is 1. The van der Waals surface area contributed by atoms with Crippen molar-refractivity contribution in [1.29, 1.82) is 0 Å². The number of rotatable bonds is 4. The van der Waals surface area contributed by atoms with Crippen molar-refractivity contribution in [3.63, 3.8) is 0 Å². The van der Waals surface area contributed by atoms with Gasteiger partial charge < -0.3 is 14.2 Å². The monoisotopic (exact) mass is 475 g/mol. The van der Waals surface area contributed by atoms with E-state index >= 15 is 0 Å². The Hall–Kier alpha value is -2.81. The molecule has 1 amide bonds. The first kappa shape index (κ1) is 23.0. The molecule has 0 atom stereocenters. The van der Waals surface area contributed by atoms with Crippen LogP contribution in [0.3, 0.4) is 0 Å². The second-order valence-electron chi connectivity index (χ2n) is 9.55. The summed E-state index contributed by atoms with van der Waals surface area (Å²) in [5.74, 6) is -0.345. The van der Waals surface area contributed by atoms with Crippen molar-refractivity contribution in [2.24, 2.45) is 5.92 Å². The van der Waals surface area contributed by atoms with Gasteiger partial charge in [-0.15, -0.1) is 0 Å². The molecule has 1 saturated heterocycles. The van der Waals surface area contributed by atoms with Gasteiger partial charge in [-0.1, -0.05) is 0 Å². The summed E-state index contributed by atoms with van der Waals surface area (Å²) in [4.78, 5) is 29.8. The zero-order valence-corrected chi connectivity index (χ0v) is 19.3. The van der Waals surface area contributed by atoms with Crippen molar-refractivity contribution in [2.45, 2.75) is 43.9 Å². The number of carbonyl (C=O) groups is 2. The maximum absolute atomic E-state index is 13.4. The van der Waals surface area contributed by atoms with E-state index < -0.39 is 17.6 Å². The summed E-state index contributed by atoms with van der Waals surface area (Å²) in [6.07, 6.45) is -1.39. The van der Waals surface area contributed by atoms with Crippen molar-refractivity contribution in [2.75, 3.05) is 33.8 Å². The second kappa shape index (κ2) is 8.15. The van der Waals surface area contributed by atoms with E-state index in [9.17, 15) is 22.8 Å². The summed E-state index contributed by atoms with van der Waals surface area (Å²) in [5, 5.41) is 0. The van der Waals surface area contributed by atoms with E-state index in [0.29, 0.717) is 25.9 Å². The molecule has 5 rings (SSSR count). The third-order valence-electron chi connectivity index (χ3n) is 7.68. The molecule has 0 radical (unpaired) electrons. The lowest BCUT2D eigenvalue weighted by Crippen LogP contribution is -2.56. The van der Waals surface area contributed by atoms with E-state index in [2.05, 4.69) is 16.5 Å². The highest BCUT2D eigenvalue weighted by Gasteiger charge is 2.46. The van der Waals surface area contributed by atoms with Crippen molar-refractivity contribution >= 4 is 11.7 Å². The summed E-state index contributed by atoms with van der Waals surface area (Å²) < 4.78 is 47.2. The number of piperidine rings is 1. The number of hydrogen-bond acceptors (Lipinski definition) is 4. The number of ether oxygens (including phenoxy) is 1. The van der Waals surface area contributed by atoms with Crippen molar-refractivity contribution in [3.05, 3.63) is 52.8 Å². The predicted octanol–water partition coefficient (Wildman–Crippen LogP) is 4.19. The Kier molecular flexibility index (Phi) is 5.50. The van der Waals surface area contributed by atoms with Crippen LogP contribution in [0.4, 0.5) is 13.2 Å². The summed E-state index contributed by atoms with van der Waals surface area (Å²) in [6, 6.07) is 7.43. The van der Waals surface area contributed by atoms with Crippen LogP contribution in [-0.2, 0) is 18.3 Å². The molecule has 2 fully saturated rings. The fourth-order valence-electron chi connectivity index (χ4n) is 5.51. The van der Waals surface area contributed by atoms with Crippen LogP contribution in [0.2, 0.25) is 0 Å². The topological polar surface area (TPSA) is 54.8 Å². The van der Waals surface area contributed by atoms with Gasteiger partial charge in [0.15, 0.2) is 5.78 Å². The minimum Gasteiger partial charge on any atom is -0.496 e. The van der Waals surface area contributed by atoms with Crippen LogP contribution in [0, 0.1) is 5.92 Å². The SMILES string of the molecule is COc1ccc(C(=O)N2CCC3(CC2)c2ccc(C(=O)C4CC4)n2CCN3C)cc1C(F)(F)F. The van der Waals surface area contributed by atoms with Gasteiger partial charge in [0.25, 0.3) is 5.91 Å². The lowest BCUT2D eigenvalue weighted by molar-refractivity contribution is -0.138. The Bertz CT molecular complexity index is 1130. The van der Waals surface area contributed by atoms with Crippen LogP contribution in [0.25, 0.3) is 0 Å². The normalized spacial score (nSPS) is 20.3. The minimum atomic E-state index is -4.61. The van der Waals surface area contributed by atoms with Crippen LogP contribution in [0.1, 0.15) is 57.8 Å². The molecule has 1 spiro atoms. The van der Waals surface area contributed by atoms with Crippen LogP contribution in [-0.4, -0.2) is 59.8 Å². The van der Waals surface area contributed by atoms with E-state index in [1.807, 2.05) is 12.1 Å². The van der Waals surface area contributed by atoms with Crippen LogP contribution < -0.4 is 4.74 Å². The van der Waals surface area contributed by atoms with Crippen molar-refractivity contribution in [3.8, 4) is 5.75 Å². The van der Waals surface area contributed by atoms with E-state index in [1.54, 1.807) is 4.90 Å². The van der Waals surface area contributed by atoms with Crippen LogP contribution in [0.15, 0.2) is 30.3 Å². The van der Waals surface area contributed by atoms with E-state index in [-0.39, 0.29) is 28.6 Å². The van der Waals surface area contributed by atoms with E-state index in [4.69, 9.17) is 4.74 Å². The summed E-state index contributed by atoms with van der Waals surface area (Å²) >= 11 is 0. The van der Waals surface area contributed by atoms with E-state index in [0.717, 1.165) is 43.4 Å². The molecule has 2 aromatic rings. The Morgan fingerprint density at radius 3 is 2.35 bits per heavy atom. The molecule has 3 heterocycles. The van der Waals surface area contributed by atoms with Crippen LogP contribution in [0.5, 0.6) is 5.75 Å². The number of Topliss-reactive ketones (excluding diaryl/α,β-unsaturated/α-hetero) is 1. The molecule has 1 saturated carbocycles. The maximum atomic E-state index is 13.4. The van der Waals surface area contributed by atoms with Gasteiger partial charge in [0.2, 0.25) is 0 Å². The summed E-state index contributed by atoms with van der Waals surface area (Å²) in [7, 11) is 3.24. The number of nitrogens with zero attached hydrogens (tertiary/aromatic N) is 3. The molecule has 9 heteroatoms. The van der Waals surface area contributed by atoms with Gasteiger partial charge >= 0.3 is 6.18 Å². The van der Waals surface area contributed by atoms with Gasteiger partial charge in [-0.25, -0.2) is 0 Å². The molecular formula is C25H28F3N3O3. The minimum absolute atomic E-state index is 0.00163. The number of carbonyl (C=O) groups excluding carboxylic acids is 2. The predicted molar refractivity (Wildman–Crippen MR) is 119 cm³/mol. The highest BCUT2D eigenvalue weighted by Crippen LogP contribution is 2.43. The second-order valence-corrected chi connectivity index (χ2v) is 9.55. The molecule has 1 aromatic carbocycles. The highest BCUT2D eigenvalue weighted by molar-refractivity contribution is 5.98. The molecule has 34 heavy (non-hydrogen) atoms. The molecule has 6 nitrogen and oxygen atoms in total. The summed E-state index contributed by atoms with van der Waals surface area (Å²) in [6.45, 7) is 2.40. The van der Waals surface area contributed by atoms with E-state index in [1.165, 1.54) is 19.2 Å². The molecule has 0 N–H and O–H groups in total. The van der Waals surface area contributed by atoms with Gasteiger partial charge in [0.05, 0.1) is 23.9 Å². The van der Waals surface area contributed by atoms with Crippen molar-refractivity contribution < 1.29 is 27.5 Å². The Balaban J connectivity index is 1.37. The first-order valence-electron chi connectivity index (χ1n) is 11.7. The number of fused-ring (bicyclic) bond motifs is 2. The first-order valence-corrected chi connectivity index (χ1v) is 11.7. The molecule has 0 bridgehead atoms. The first-order chi connectivity index (χ1) is 16.2. The molecule has 182 valence electrons. The average molecular weight is 476 g/mol. The number of amides is 1. The average Bonchev–Trinajstić information content (AvgIpc) is 3.59. The van der Waals surface area contributed by atoms with Crippen molar-refractivity contribution in [1.82, 2.24) is 14.4 Å². The number of halogens is 3. The standard InChI is InChI=1S/C25H28F3N3O3/c1-29-13-14-31-19(22(32)16-3-4-16)6-8-21(31)24(29)9-11-30(12-10-24)23(33)17-5-7-20(34-2)18(15-17)25(26,27)28/h5-8,15-16H,3-4,9-14H2,1-2H3. The Labute approximate surface area is 196 Å². The Morgan fingerprint density at radius 1 is 1.03 bits per heavy atom. The smallest absolute Gasteiger partial charge is 0.419 e. The van der Waals surface area contributed by atoms with Gasteiger partial charge in [-0.3, -0.25) is 14.5 Å². The quantitative estimate of drug-likeness (QED) is 0.623. The summed E-state index contributed by atoms with van der Waals surface area (Å²) in [5.41, 5.74) is 0.630. The third kappa shape index (κ3) is 3.70.